The van der Waals surface area contributed by atoms with E-state index in [9.17, 15) is 0 Å². The van der Waals surface area contributed by atoms with Crippen molar-refractivity contribution in [2.75, 3.05) is 61.9 Å². The molecule has 0 amide bonds. The summed E-state index contributed by atoms with van der Waals surface area (Å²) in [5.74, 6) is 0.877. The minimum absolute atomic E-state index is 0.877. The molecule has 3 nitrogen and oxygen atoms in total. The Morgan fingerprint density at radius 1 is 0.611 bits per heavy atom. The Balaban J connectivity index is 3.77. The lowest BCUT2D eigenvalue weighted by Gasteiger charge is -2.22. The van der Waals surface area contributed by atoms with Crippen LogP contribution in [0.3, 0.4) is 0 Å². The molecule has 0 aromatic carbocycles. The van der Waals surface area contributed by atoms with Crippen LogP contribution < -0.4 is 0 Å². The molecule has 3 heteroatoms. The molecule has 0 spiro atoms. The Kier molecular flexibility index (Phi) is 10.7. The van der Waals surface area contributed by atoms with Crippen LogP contribution in [0.15, 0.2) is 0 Å². The normalized spacial score (nSPS) is 13.8. The third-order valence-corrected chi connectivity index (χ3v) is 3.31. The topological polar surface area (TPSA) is 9.72 Å². The largest absolute Gasteiger partial charge is 0.309 e. The minimum atomic E-state index is 0.877. The van der Waals surface area contributed by atoms with Crippen molar-refractivity contribution in [3.8, 4) is 0 Å². The van der Waals surface area contributed by atoms with Crippen LogP contribution in [0.5, 0.6) is 0 Å². The first kappa shape index (κ1) is 17.9. The van der Waals surface area contributed by atoms with E-state index in [-0.39, 0.29) is 0 Å². The van der Waals surface area contributed by atoms with Crippen LogP contribution in [0.4, 0.5) is 0 Å². The summed E-state index contributed by atoms with van der Waals surface area (Å²) >= 11 is 0. The second kappa shape index (κ2) is 10.8. The van der Waals surface area contributed by atoms with Crippen molar-refractivity contribution in [3.63, 3.8) is 0 Å². The number of unbranched alkanes of at least 4 members (excludes halogenated alkanes) is 1. The van der Waals surface area contributed by atoms with Gasteiger partial charge in [-0.25, -0.2) is 0 Å². The fraction of sp³-hybridized carbons (Fsp3) is 1.00. The molecule has 0 fully saturated rings. The van der Waals surface area contributed by atoms with Crippen molar-refractivity contribution >= 4 is 0 Å². The molecule has 0 aromatic rings. The summed E-state index contributed by atoms with van der Waals surface area (Å²) in [5, 5.41) is 0. The van der Waals surface area contributed by atoms with Gasteiger partial charge < -0.3 is 14.7 Å². The first-order chi connectivity index (χ1) is 8.41. The molecule has 0 rings (SSSR count). The molecular weight excluding hydrogens is 222 g/mol. The summed E-state index contributed by atoms with van der Waals surface area (Å²) in [6, 6.07) is 0. The van der Waals surface area contributed by atoms with Crippen molar-refractivity contribution in [1.82, 2.24) is 14.7 Å². The SMILES string of the molecule is CN(C)CCCCC(CCCN(C)C)CN(C)C. The standard InChI is InChI=1S/C15H35N3/c1-16(2)12-8-7-10-15(14-18(5)6)11-9-13-17(3)4/h15H,7-14H2,1-6H3. The fourth-order valence-corrected chi connectivity index (χ4v) is 2.40. The highest BCUT2D eigenvalue weighted by Gasteiger charge is 2.10. The highest BCUT2D eigenvalue weighted by atomic mass is 15.1. The smallest absolute Gasteiger partial charge is 0.000357 e. The molecule has 110 valence electrons. The molecule has 0 aliphatic rings. The van der Waals surface area contributed by atoms with Crippen LogP contribution in [-0.4, -0.2) is 76.6 Å². The lowest BCUT2D eigenvalue weighted by atomic mass is 9.96. The van der Waals surface area contributed by atoms with Crippen molar-refractivity contribution in [2.24, 2.45) is 5.92 Å². The van der Waals surface area contributed by atoms with Crippen molar-refractivity contribution < 1.29 is 0 Å². The monoisotopic (exact) mass is 257 g/mol. The highest BCUT2D eigenvalue weighted by molar-refractivity contribution is 4.64. The number of rotatable bonds is 11. The highest BCUT2D eigenvalue weighted by Crippen LogP contribution is 2.16. The van der Waals surface area contributed by atoms with E-state index in [1.165, 1.54) is 51.7 Å². The van der Waals surface area contributed by atoms with Gasteiger partial charge in [-0.15, -0.1) is 0 Å². The number of nitrogens with zero attached hydrogens (tertiary/aromatic N) is 3. The van der Waals surface area contributed by atoms with Gasteiger partial charge in [-0.05, 0) is 87.0 Å². The van der Waals surface area contributed by atoms with Crippen LogP contribution in [0.2, 0.25) is 0 Å². The van der Waals surface area contributed by atoms with Gasteiger partial charge in [0.1, 0.15) is 0 Å². The maximum Gasteiger partial charge on any atom is 0.000357 e. The van der Waals surface area contributed by atoms with Gasteiger partial charge in [0, 0.05) is 6.54 Å². The van der Waals surface area contributed by atoms with Gasteiger partial charge in [0.2, 0.25) is 0 Å². The first-order valence-corrected chi connectivity index (χ1v) is 7.36. The van der Waals surface area contributed by atoms with Gasteiger partial charge in [-0.2, -0.15) is 0 Å². The Labute approximate surface area is 115 Å². The summed E-state index contributed by atoms with van der Waals surface area (Å²) in [6.45, 7) is 3.70. The second-order valence-electron chi connectivity index (χ2n) is 6.37. The molecule has 1 atom stereocenters. The van der Waals surface area contributed by atoms with Gasteiger partial charge in [0.25, 0.3) is 0 Å². The van der Waals surface area contributed by atoms with Gasteiger partial charge in [-0.1, -0.05) is 6.42 Å². The van der Waals surface area contributed by atoms with E-state index in [0.29, 0.717) is 0 Å². The number of hydrogen-bond donors (Lipinski definition) is 0. The molecule has 0 heterocycles. The average molecular weight is 257 g/mol. The third kappa shape index (κ3) is 12.3. The second-order valence-corrected chi connectivity index (χ2v) is 6.37. The van der Waals surface area contributed by atoms with E-state index in [1.807, 2.05) is 0 Å². The molecule has 0 bridgehead atoms. The lowest BCUT2D eigenvalue weighted by molar-refractivity contribution is 0.273. The van der Waals surface area contributed by atoms with Crippen LogP contribution >= 0.6 is 0 Å². The van der Waals surface area contributed by atoms with Crippen molar-refractivity contribution in [3.05, 3.63) is 0 Å². The molecule has 0 aliphatic carbocycles. The first-order valence-electron chi connectivity index (χ1n) is 7.36. The van der Waals surface area contributed by atoms with Crippen LogP contribution in [0, 0.1) is 5.92 Å². The molecule has 0 aliphatic heterocycles. The lowest BCUT2D eigenvalue weighted by Crippen LogP contribution is -2.23. The summed E-state index contributed by atoms with van der Waals surface area (Å²) in [5.41, 5.74) is 0. The van der Waals surface area contributed by atoms with E-state index in [1.54, 1.807) is 0 Å². The molecule has 0 saturated heterocycles. The molecule has 0 radical (unpaired) electrons. The van der Waals surface area contributed by atoms with E-state index in [4.69, 9.17) is 0 Å². The maximum absolute atomic E-state index is 2.34. The van der Waals surface area contributed by atoms with Gasteiger partial charge >= 0.3 is 0 Å². The van der Waals surface area contributed by atoms with Crippen LogP contribution in [-0.2, 0) is 0 Å². The summed E-state index contributed by atoms with van der Waals surface area (Å²) < 4.78 is 0. The average Bonchev–Trinajstić information content (AvgIpc) is 2.22. The van der Waals surface area contributed by atoms with E-state index in [0.717, 1.165) is 5.92 Å². The third-order valence-electron chi connectivity index (χ3n) is 3.31. The molecule has 0 aromatic heterocycles. The Morgan fingerprint density at radius 3 is 1.61 bits per heavy atom. The summed E-state index contributed by atoms with van der Waals surface area (Å²) in [7, 11) is 13.0. The molecule has 0 saturated carbocycles. The minimum Gasteiger partial charge on any atom is -0.309 e. The zero-order chi connectivity index (χ0) is 14.0. The molecular formula is C15H35N3. The fourth-order valence-electron chi connectivity index (χ4n) is 2.40. The van der Waals surface area contributed by atoms with Crippen LogP contribution in [0.1, 0.15) is 32.1 Å². The summed E-state index contributed by atoms with van der Waals surface area (Å²) in [6.07, 6.45) is 6.81. The van der Waals surface area contributed by atoms with E-state index in [2.05, 4.69) is 57.0 Å². The Morgan fingerprint density at radius 2 is 1.11 bits per heavy atom. The predicted octanol–water partition coefficient (Wildman–Crippen LogP) is 2.24. The van der Waals surface area contributed by atoms with Crippen molar-refractivity contribution in [2.45, 2.75) is 32.1 Å². The van der Waals surface area contributed by atoms with Gasteiger partial charge in [-0.3, -0.25) is 0 Å². The molecule has 0 N–H and O–H groups in total. The Hall–Kier alpha value is -0.120. The van der Waals surface area contributed by atoms with E-state index >= 15 is 0 Å². The van der Waals surface area contributed by atoms with Crippen LogP contribution in [0.25, 0.3) is 0 Å². The molecule has 18 heavy (non-hydrogen) atoms. The summed E-state index contributed by atoms with van der Waals surface area (Å²) in [4.78, 5) is 6.91. The van der Waals surface area contributed by atoms with Crippen molar-refractivity contribution in [1.29, 1.82) is 0 Å². The zero-order valence-electron chi connectivity index (χ0n) is 13.6. The quantitative estimate of drug-likeness (QED) is 0.526. The molecule has 1 unspecified atom stereocenters. The Bertz CT molecular complexity index is 179. The zero-order valence-corrected chi connectivity index (χ0v) is 13.6. The van der Waals surface area contributed by atoms with E-state index < -0.39 is 0 Å². The van der Waals surface area contributed by atoms with Gasteiger partial charge in [0.15, 0.2) is 0 Å². The van der Waals surface area contributed by atoms with Gasteiger partial charge in [0.05, 0.1) is 0 Å². The predicted molar refractivity (Wildman–Crippen MR) is 82.2 cm³/mol. The maximum atomic E-state index is 2.34. The number of hydrogen-bond acceptors (Lipinski definition) is 3.